The van der Waals surface area contributed by atoms with Gasteiger partial charge in [-0.2, -0.15) is 5.10 Å². The Morgan fingerprint density at radius 2 is 1.93 bits per heavy atom. The molecule has 0 spiro atoms. The maximum absolute atomic E-state index is 12.8. The van der Waals surface area contributed by atoms with Crippen LogP contribution in [0.4, 0.5) is 0 Å². The van der Waals surface area contributed by atoms with Crippen molar-refractivity contribution in [2.45, 2.75) is 46.1 Å². The molecule has 146 valence electrons. The number of aromatic nitrogens is 2. The number of ether oxygens (including phenoxy) is 2. The van der Waals surface area contributed by atoms with Crippen LogP contribution in [-0.4, -0.2) is 34.9 Å². The minimum Gasteiger partial charge on any atom is -0.490 e. The normalized spacial score (nSPS) is 14.7. The molecule has 1 aromatic carbocycles. The second-order valence-corrected chi connectivity index (χ2v) is 7.62. The maximum atomic E-state index is 12.8. The van der Waals surface area contributed by atoms with Gasteiger partial charge in [0.2, 0.25) is 0 Å². The number of carbonyl (C=O) groups excluding carboxylic acids is 1. The van der Waals surface area contributed by atoms with Gasteiger partial charge in [-0.25, -0.2) is 0 Å². The van der Waals surface area contributed by atoms with Crippen LogP contribution in [0.25, 0.3) is 11.3 Å². The van der Waals surface area contributed by atoms with E-state index in [9.17, 15) is 4.79 Å². The molecule has 3 rings (SSSR count). The molecule has 2 aromatic rings. The largest absolute Gasteiger partial charge is 0.490 e. The number of hydrogen-bond donors (Lipinski definition) is 1. The SMILES string of the molecule is CC(C)CCC(C)NC(=O)c1cn(C)nc1-c1ccc2c(c1)OCCCO2. The van der Waals surface area contributed by atoms with E-state index in [1.165, 1.54) is 0 Å². The zero-order chi connectivity index (χ0) is 19.4. The Balaban J connectivity index is 1.81. The van der Waals surface area contributed by atoms with E-state index in [1.807, 2.05) is 32.2 Å². The predicted molar refractivity (Wildman–Crippen MR) is 105 cm³/mol. The molecule has 1 amide bonds. The summed E-state index contributed by atoms with van der Waals surface area (Å²) in [6.07, 6.45) is 4.67. The molecule has 1 unspecified atom stereocenters. The van der Waals surface area contributed by atoms with Crippen molar-refractivity contribution in [1.29, 1.82) is 0 Å². The molecule has 0 fully saturated rings. The third kappa shape index (κ3) is 4.81. The zero-order valence-electron chi connectivity index (χ0n) is 16.6. The zero-order valence-corrected chi connectivity index (χ0v) is 16.6. The monoisotopic (exact) mass is 371 g/mol. The molecule has 0 saturated heterocycles. The average molecular weight is 371 g/mol. The lowest BCUT2D eigenvalue weighted by Crippen LogP contribution is -2.32. The second kappa shape index (κ2) is 8.46. The van der Waals surface area contributed by atoms with Crippen LogP contribution in [0.3, 0.4) is 0 Å². The van der Waals surface area contributed by atoms with Crippen molar-refractivity contribution in [3.8, 4) is 22.8 Å². The number of aryl methyl sites for hydroxylation is 1. The van der Waals surface area contributed by atoms with Crippen molar-refractivity contribution in [3.63, 3.8) is 0 Å². The quantitative estimate of drug-likeness (QED) is 0.839. The first kappa shape index (κ1) is 19.3. The van der Waals surface area contributed by atoms with Crippen LogP contribution in [0.5, 0.6) is 11.5 Å². The third-order valence-corrected chi connectivity index (χ3v) is 4.65. The Hall–Kier alpha value is -2.50. The molecule has 1 aromatic heterocycles. The van der Waals surface area contributed by atoms with E-state index < -0.39 is 0 Å². The summed E-state index contributed by atoms with van der Waals surface area (Å²) in [5, 5.41) is 7.61. The lowest BCUT2D eigenvalue weighted by molar-refractivity contribution is 0.0937. The number of hydrogen-bond acceptors (Lipinski definition) is 4. The fourth-order valence-corrected chi connectivity index (χ4v) is 3.14. The molecule has 1 atom stereocenters. The molecule has 0 radical (unpaired) electrons. The van der Waals surface area contributed by atoms with Crippen molar-refractivity contribution >= 4 is 5.91 Å². The van der Waals surface area contributed by atoms with Crippen molar-refractivity contribution in [3.05, 3.63) is 30.0 Å². The van der Waals surface area contributed by atoms with E-state index in [2.05, 4.69) is 24.3 Å². The predicted octanol–water partition coefficient (Wildman–Crippen LogP) is 3.80. The van der Waals surface area contributed by atoms with Gasteiger partial charge in [-0.05, 0) is 43.9 Å². The minimum absolute atomic E-state index is 0.0959. The first-order chi connectivity index (χ1) is 12.9. The Labute approximate surface area is 160 Å². The summed E-state index contributed by atoms with van der Waals surface area (Å²) in [7, 11) is 1.82. The van der Waals surface area contributed by atoms with Crippen molar-refractivity contribution in [2.75, 3.05) is 13.2 Å². The number of benzene rings is 1. The highest BCUT2D eigenvalue weighted by atomic mass is 16.5. The van der Waals surface area contributed by atoms with Crippen molar-refractivity contribution < 1.29 is 14.3 Å². The number of nitrogens with zero attached hydrogens (tertiary/aromatic N) is 2. The van der Waals surface area contributed by atoms with E-state index in [4.69, 9.17) is 9.47 Å². The van der Waals surface area contributed by atoms with Gasteiger partial charge in [-0.15, -0.1) is 0 Å². The average Bonchev–Trinajstić information content (AvgIpc) is 2.87. The van der Waals surface area contributed by atoms with E-state index in [0.29, 0.717) is 36.1 Å². The minimum atomic E-state index is -0.0959. The fourth-order valence-electron chi connectivity index (χ4n) is 3.14. The van der Waals surface area contributed by atoms with Gasteiger partial charge in [0.1, 0.15) is 5.69 Å². The van der Waals surface area contributed by atoms with Gasteiger partial charge < -0.3 is 14.8 Å². The highest BCUT2D eigenvalue weighted by molar-refractivity contribution is 6.00. The van der Waals surface area contributed by atoms with E-state index in [-0.39, 0.29) is 11.9 Å². The van der Waals surface area contributed by atoms with E-state index >= 15 is 0 Å². The Morgan fingerprint density at radius 3 is 2.67 bits per heavy atom. The molecule has 0 bridgehead atoms. The standard InChI is InChI=1S/C21H29N3O3/c1-14(2)6-7-15(3)22-21(25)17-13-24(4)23-20(17)16-8-9-18-19(12-16)27-11-5-10-26-18/h8-9,12-15H,5-7,10-11H2,1-4H3,(H,22,25). The van der Waals surface area contributed by atoms with E-state index in [0.717, 1.165) is 30.6 Å². The third-order valence-electron chi connectivity index (χ3n) is 4.65. The molecular formula is C21H29N3O3. The van der Waals surface area contributed by atoms with Gasteiger partial charge in [-0.1, -0.05) is 13.8 Å². The number of fused-ring (bicyclic) bond motifs is 1. The van der Waals surface area contributed by atoms with Crippen LogP contribution in [0.2, 0.25) is 0 Å². The van der Waals surface area contributed by atoms with Gasteiger partial charge in [-0.3, -0.25) is 9.48 Å². The maximum Gasteiger partial charge on any atom is 0.255 e. The molecule has 2 heterocycles. The highest BCUT2D eigenvalue weighted by Crippen LogP contribution is 2.34. The lowest BCUT2D eigenvalue weighted by atomic mass is 10.0. The van der Waals surface area contributed by atoms with Crippen LogP contribution in [0, 0.1) is 5.92 Å². The van der Waals surface area contributed by atoms with Crippen molar-refractivity contribution in [1.82, 2.24) is 15.1 Å². The van der Waals surface area contributed by atoms with Crippen LogP contribution >= 0.6 is 0 Å². The number of rotatable bonds is 6. The molecule has 1 aliphatic rings. The van der Waals surface area contributed by atoms with Gasteiger partial charge in [0.05, 0.1) is 18.8 Å². The topological polar surface area (TPSA) is 65.4 Å². The highest BCUT2D eigenvalue weighted by Gasteiger charge is 2.20. The first-order valence-corrected chi connectivity index (χ1v) is 9.68. The van der Waals surface area contributed by atoms with Crippen molar-refractivity contribution in [2.24, 2.45) is 13.0 Å². The van der Waals surface area contributed by atoms with Crippen LogP contribution in [-0.2, 0) is 7.05 Å². The number of nitrogens with one attached hydrogen (secondary N) is 1. The number of carbonyl (C=O) groups is 1. The van der Waals surface area contributed by atoms with Crippen LogP contribution in [0.1, 0.15) is 50.4 Å². The fraction of sp³-hybridized carbons (Fsp3) is 0.524. The van der Waals surface area contributed by atoms with Crippen LogP contribution in [0.15, 0.2) is 24.4 Å². The molecule has 6 heteroatoms. The lowest BCUT2D eigenvalue weighted by Gasteiger charge is -2.15. The first-order valence-electron chi connectivity index (χ1n) is 9.68. The van der Waals surface area contributed by atoms with Crippen LogP contribution < -0.4 is 14.8 Å². The second-order valence-electron chi connectivity index (χ2n) is 7.62. The van der Waals surface area contributed by atoms with E-state index in [1.54, 1.807) is 10.9 Å². The van der Waals surface area contributed by atoms with Gasteiger partial charge in [0.25, 0.3) is 5.91 Å². The summed E-state index contributed by atoms with van der Waals surface area (Å²) in [5.41, 5.74) is 2.07. The summed E-state index contributed by atoms with van der Waals surface area (Å²) in [5.74, 6) is 1.97. The summed E-state index contributed by atoms with van der Waals surface area (Å²) in [6, 6.07) is 5.84. The number of amides is 1. The Kier molecular flexibility index (Phi) is 6.04. The Bertz CT molecular complexity index is 798. The molecule has 1 N–H and O–H groups in total. The summed E-state index contributed by atoms with van der Waals surface area (Å²) in [4.78, 5) is 12.8. The summed E-state index contributed by atoms with van der Waals surface area (Å²) < 4.78 is 13.1. The summed E-state index contributed by atoms with van der Waals surface area (Å²) in [6.45, 7) is 7.71. The molecular weight excluding hydrogens is 342 g/mol. The molecule has 0 saturated carbocycles. The summed E-state index contributed by atoms with van der Waals surface area (Å²) >= 11 is 0. The molecule has 27 heavy (non-hydrogen) atoms. The Morgan fingerprint density at radius 1 is 1.19 bits per heavy atom. The van der Waals surface area contributed by atoms with Gasteiger partial charge >= 0.3 is 0 Å². The molecule has 0 aliphatic carbocycles. The van der Waals surface area contributed by atoms with Gasteiger partial charge in [0.15, 0.2) is 11.5 Å². The molecule has 6 nitrogen and oxygen atoms in total. The smallest absolute Gasteiger partial charge is 0.255 e. The molecule has 1 aliphatic heterocycles. The van der Waals surface area contributed by atoms with Gasteiger partial charge in [0, 0.05) is 31.3 Å².